The monoisotopic (exact) mass is 450 g/mol. The van der Waals surface area contributed by atoms with E-state index in [-0.39, 0.29) is 19.8 Å². The maximum atomic E-state index is 11.1. The summed E-state index contributed by atoms with van der Waals surface area (Å²) in [6, 6.07) is 28.6. The Morgan fingerprint density at radius 1 is 0.424 bits per heavy atom. The van der Waals surface area contributed by atoms with E-state index in [9.17, 15) is 15.3 Å². The van der Waals surface area contributed by atoms with Crippen molar-refractivity contribution in [3.8, 4) is 0 Å². The zero-order valence-corrected chi connectivity index (χ0v) is 18.3. The molecule has 1 saturated carbocycles. The summed E-state index contributed by atoms with van der Waals surface area (Å²) in [5, 5.41) is 32.8. The van der Waals surface area contributed by atoms with Crippen LogP contribution in [0.2, 0.25) is 0 Å². The Bertz CT molecular complexity index is 952. The molecule has 0 bridgehead atoms. The highest BCUT2D eigenvalue weighted by Crippen LogP contribution is 2.30. The van der Waals surface area contributed by atoms with Gasteiger partial charge in [0.15, 0.2) is 0 Å². The first-order chi connectivity index (χ1) is 16.1. The molecule has 1 aliphatic carbocycles. The number of ether oxygens (including phenoxy) is 3. The Balaban J connectivity index is 1.49. The lowest BCUT2D eigenvalue weighted by atomic mass is 9.84. The van der Waals surface area contributed by atoms with Crippen molar-refractivity contribution in [2.75, 3.05) is 0 Å². The first kappa shape index (κ1) is 23.6. The third-order valence-corrected chi connectivity index (χ3v) is 5.88. The van der Waals surface area contributed by atoms with Crippen LogP contribution in [0.25, 0.3) is 0 Å². The molecule has 0 saturated heterocycles. The lowest BCUT2D eigenvalue weighted by molar-refractivity contribution is -0.262. The Labute approximate surface area is 194 Å². The second-order valence-corrected chi connectivity index (χ2v) is 8.26. The molecule has 0 radical (unpaired) electrons. The van der Waals surface area contributed by atoms with Crippen LogP contribution in [-0.4, -0.2) is 51.9 Å². The summed E-state index contributed by atoms with van der Waals surface area (Å²) in [5.74, 6) is 0. The second kappa shape index (κ2) is 11.5. The number of aliphatic hydroxyl groups excluding tert-OH is 3. The van der Waals surface area contributed by atoms with Crippen molar-refractivity contribution in [1.82, 2.24) is 0 Å². The molecule has 6 atom stereocenters. The van der Waals surface area contributed by atoms with Gasteiger partial charge in [0, 0.05) is 0 Å². The zero-order chi connectivity index (χ0) is 23.0. The van der Waals surface area contributed by atoms with Gasteiger partial charge >= 0.3 is 0 Å². The van der Waals surface area contributed by atoms with Gasteiger partial charge in [0.25, 0.3) is 0 Å². The number of hydrogen-bond acceptors (Lipinski definition) is 6. The van der Waals surface area contributed by atoms with Gasteiger partial charge in [-0.2, -0.15) is 0 Å². The summed E-state index contributed by atoms with van der Waals surface area (Å²) in [4.78, 5) is 0. The molecule has 3 N–H and O–H groups in total. The highest BCUT2D eigenvalue weighted by Gasteiger charge is 2.51. The van der Waals surface area contributed by atoms with E-state index in [1.165, 1.54) is 0 Å². The van der Waals surface area contributed by atoms with Gasteiger partial charge in [0.05, 0.1) is 19.8 Å². The standard InChI is InChI=1S/C27H30O6/c28-22-23(29)26(32-17-20-12-6-2-7-13-20)27(33-18-21-14-8-3-9-15-21)24(30)25(22)31-16-19-10-4-1-5-11-19/h1-15,22-30H,16-18H2/t22-,23-,24-,25?,26+,27-/m1/s1. The van der Waals surface area contributed by atoms with Crippen LogP contribution in [0.4, 0.5) is 0 Å². The second-order valence-electron chi connectivity index (χ2n) is 8.26. The fourth-order valence-corrected chi connectivity index (χ4v) is 4.05. The summed E-state index contributed by atoms with van der Waals surface area (Å²) in [6.45, 7) is 0.623. The number of aliphatic hydroxyl groups is 3. The van der Waals surface area contributed by atoms with E-state index in [0.29, 0.717) is 0 Å². The Morgan fingerprint density at radius 3 is 1.12 bits per heavy atom. The van der Waals surface area contributed by atoms with Crippen molar-refractivity contribution >= 4 is 0 Å². The lowest BCUT2D eigenvalue weighted by Gasteiger charge is -2.45. The molecule has 0 spiro atoms. The molecule has 3 aromatic rings. The summed E-state index contributed by atoms with van der Waals surface area (Å²) in [7, 11) is 0. The van der Waals surface area contributed by atoms with E-state index in [4.69, 9.17) is 14.2 Å². The smallest absolute Gasteiger partial charge is 0.115 e. The summed E-state index contributed by atoms with van der Waals surface area (Å²) in [6.07, 6.45) is -6.68. The molecule has 4 rings (SSSR count). The Hall–Kier alpha value is -2.58. The number of benzene rings is 3. The third kappa shape index (κ3) is 6.06. The van der Waals surface area contributed by atoms with Crippen LogP contribution in [0.1, 0.15) is 16.7 Å². The molecule has 0 heterocycles. The van der Waals surface area contributed by atoms with Gasteiger partial charge in [-0.25, -0.2) is 0 Å². The van der Waals surface area contributed by atoms with E-state index in [2.05, 4.69) is 0 Å². The van der Waals surface area contributed by atoms with Gasteiger partial charge in [-0.3, -0.25) is 0 Å². The first-order valence-corrected chi connectivity index (χ1v) is 11.1. The lowest BCUT2D eigenvalue weighted by Crippen LogP contribution is -2.65. The van der Waals surface area contributed by atoms with Crippen LogP contribution >= 0.6 is 0 Å². The molecular formula is C27H30O6. The minimum Gasteiger partial charge on any atom is -0.387 e. The average Bonchev–Trinajstić information content (AvgIpc) is 2.86. The molecule has 1 unspecified atom stereocenters. The highest BCUT2D eigenvalue weighted by molar-refractivity contribution is 5.16. The topological polar surface area (TPSA) is 88.4 Å². The largest absolute Gasteiger partial charge is 0.387 e. The van der Waals surface area contributed by atoms with Crippen molar-refractivity contribution < 1.29 is 29.5 Å². The molecule has 0 amide bonds. The van der Waals surface area contributed by atoms with Crippen LogP contribution in [0.15, 0.2) is 91.0 Å². The maximum Gasteiger partial charge on any atom is 0.115 e. The molecule has 6 heteroatoms. The van der Waals surface area contributed by atoms with E-state index < -0.39 is 36.6 Å². The predicted octanol–water partition coefficient (Wildman–Crippen LogP) is 2.84. The quantitative estimate of drug-likeness (QED) is 0.465. The van der Waals surface area contributed by atoms with Gasteiger partial charge in [0.1, 0.15) is 36.6 Å². The SMILES string of the molecule is O[C@H]1[C@H](OCc2ccccc2)[C@H](OCc2ccccc2)[C@H](O)C(OCc2ccccc2)[C@@H]1O. The molecule has 0 aliphatic heterocycles. The summed E-state index contributed by atoms with van der Waals surface area (Å²) in [5.41, 5.74) is 2.74. The minimum absolute atomic E-state index is 0.188. The van der Waals surface area contributed by atoms with Crippen molar-refractivity contribution in [3.05, 3.63) is 108 Å². The van der Waals surface area contributed by atoms with E-state index in [1.54, 1.807) is 0 Å². The van der Waals surface area contributed by atoms with E-state index in [1.807, 2.05) is 91.0 Å². The van der Waals surface area contributed by atoms with Crippen LogP contribution in [-0.2, 0) is 34.0 Å². The molecule has 33 heavy (non-hydrogen) atoms. The van der Waals surface area contributed by atoms with Crippen molar-refractivity contribution in [1.29, 1.82) is 0 Å². The van der Waals surface area contributed by atoms with Gasteiger partial charge in [-0.15, -0.1) is 0 Å². The Kier molecular flexibility index (Phi) is 8.23. The molecule has 1 fully saturated rings. The van der Waals surface area contributed by atoms with Crippen LogP contribution < -0.4 is 0 Å². The zero-order valence-electron chi connectivity index (χ0n) is 18.3. The third-order valence-electron chi connectivity index (χ3n) is 5.88. The van der Waals surface area contributed by atoms with Crippen molar-refractivity contribution in [2.45, 2.75) is 56.4 Å². The molecular weight excluding hydrogens is 420 g/mol. The van der Waals surface area contributed by atoms with Crippen molar-refractivity contribution in [3.63, 3.8) is 0 Å². The molecule has 6 nitrogen and oxygen atoms in total. The predicted molar refractivity (Wildman–Crippen MR) is 123 cm³/mol. The van der Waals surface area contributed by atoms with Gasteiger partial charge < -0.3 is 29.5 Å². The fraction of sp³-hybridized carbons (Fsp3) is 0.333. The van der Waals surface area contributed by atoms with Gasteiger partial charge in [-0.1, -0.05) is 91.0 Å². The molecule has 174 valence electrons. The average molecular weight is 451 g/mol. The van der Waals surface area contributed by atoms with E-state index >= 15 is 0 Å². The summed E-state index contributed by atoms with van der Waals surface area (Å²) < 4.78 is 17.9. The van der Waals surface area contributed by atoms with Gasteiger partial charge in [-0.05, 0) is 16.7 Å². The van der Waals surface area contributed by atoms with Gasteiger partial charge in [0.2, 0.25) is 0 Å². The van der Waals surface area contributed by atoms with Crippen LogP contribution in [0.3, 0.4) is 0 Å². The number of rotatable bonds is 9. The number of hydrogen-bond donors (Lipinski definition) is 3. The highest BCUT2D eigenvalue weighted by atomic mass is 16.6. The molecule has 1 aliphatic rings. The van der Waals surface area contributed by atoms with E-state index in [0.717, 1.165) is 16.7 Å². The maximum absolute atomic E-state index is 11.1. The fourth-order valence-electron chi connectivity index (χ4n) is 4.05. The minimum atomic E-state index is -1.33. The Morgan fingerprint density at radius 2 is 0.727 bits per heavy atom. The van der Waals surface area contributed by atoms with Crippen LogP contribution in [0, 0.1) is 0 Å². The van der Waals surface area contributed by atoms with Crippen LogP contribution in [0.5, 0.6) is 0 Å². The molecule has 0 aromatic heterocycles. The van der Waals surface area contributed by atoms with Crippen molar-refractivity contribution in [2.24, 2.45) is 0 Å². The summed E-state index contributed by atoms with van der Waals surface area (Å²) >= 11 is 0. The molecule has 3 aromatic carbocycles. The first-order valence-electron chi connectivity index (χ1n) is 11.1. The normalized spacial score (nSPS) is 27.4.